The minimum Gasteiger partial charge on any atom is -0.504 e. The van der Waals surface area contributed by atoms with Crippen molar-refractivity contribution in [2.45, 2.75) is 45.1 Å². The fraction of sp³-hybridized carbons (Fsp3) is 0.600. The first-order chi connectivity index (χ1) is 9.17. The monoisotopic (exact) mass is 283 g/mol. The highest BCUT2D eigenvalue weighted by Crippen LogP contribution is 2.39. The van der Waals surface area contributed by atoms with Crippen LogP contribution in [0.1, 0.15) is 37.3 Å². The van der Waals surface area contributed by atoms with Crippen LogP contribution in [0, 0.1) is 0 Å². The van der Waals surface area contributed by atoms with Crippen molar-refractivity contribution in [3.8, 4) is 11.5 Å². The predicted molar refractivity (Wildman–Crippen MR) is 78.4 cm³/mol. The van der Waals surface area contributed by atoms with Crippen LogP contribution in [0.25, 0.3) is 0 Å². The quantitative estimate of drug-likeness (QED) is 0.891. The number of nitrogens with one attached hydrogen (secondary N) is 1. The zero-order chi connectivity index (χ0) is 13.8. The molecule has 0 bridgehead atoms. The molecule has 3 nitrogen and oxygen atoms in total. The number of methoxy groups -OCH3 is 1. The van der Waals surface area contributed by atoms with Crippen LogP contribution < -0.4 is 10.1 Å². The summed E-state index contributed by atoms with van der Waals surface area (Å²) in [6.07, 6.45) is 5.19. The van der Waals surface area contributed by atoms with E-state index >= 15 is 0 Å². The third-order valence-electron chi connectivity index (χ3n) is 3.84. The van der Waals surface area contributed by atoms with Crippen LogP contribution in [0.4, 0.5) is 0 Å². The minimum absolute atomic E-state index is 0.192. The molecule has 19 heavy (non-hydrogen) atoms. The molecule has 0 radical (unpaired) electrons. The van der Waals surface area contributed by atoms with E-state index in [0.717, 1.165) is 36.9 Å². The van der Waals surface area contributed by atoms with E-state index in [0.29, 0.717) is 16.8 Å². The molecule has 4 heteroatoms. The summed E-state index contributed by atoms with van der Waals surface area (Å²) in [5.41, 5.74) is 1.85. The van der Waals surface area contributed by atoms with Gasteiger partial charge >= 0.3 is 0 Å². The molecule has 1 heterocycles. The molecule has 0 spiro atoms. The van der Waals surface area contributed by atoms with Crippen LogP contribution in [-0.2, 0) is 12.8 Å². The van der Waals surface area contributed by atoms with Crippen molar-refractivity contribution >= 4 is 11.6 Å². The Morgan fingerprint density at radius 2 is 2.26 bits per heavy atom. The molecule has 106 valence electrons. The summed E-state index contributed by atoms with van der Waals surface area (Å²) in [5, 5.41) is 14.5. The summed E-state index contributed by atoms with van der Waals surface area (Å²) in [5.74, 6) is 0.712. The first-order valence-corrected chi connectivity index (χ1v) is 7.35. The van der Waals surface area contributed by atoms with Crippen molar-refractivity contribution in [3.63, 3.8) is 0 Å². The molecule has 1 saturated heterocycles. The summed E-state index contributed by atoms with van der Waals surface area (Å²) >= 11 is 6.42. The second-order valence-electron chi connectivity index (χ2n) is 5.08. The van der Waals surface area contributed by atoms with Gasteiger partial charge in [0, 0.05) is 11.6 Å². The van der Waals surface area contributed by atoms with Crippen LogP contribution in [0.15, 0.2) is 6.07 Å². The highest BCUT2D eigenvalue weighted by Gasteiger charge is 2.21. The van der Waals surface area contributed by atoms with Gasteiger partial charge in [-0.15, -0.1) is 0 Å². The summed E-state index contributed by atoms with van der Waals surface area (Å²) in [6.45, 7) is 3.11. The fourth-order valence-corrected chi connectivity index (χ4v) is 3.04. The van der Waals surface area contributed by atoms with Gasteiger partial charge in [0.2, 0.25) is 0 Å². The SMILES string of the molecule is CCc1cc(OC)c(O)c(CC2CCCCN2)c1Cl. The first kappa shape index (κ1) is 14.5. The predicted octanol–water partition coefficient (Wildman–Crippen LogP) is 3.30. The molecule has 2 N–H and O–H groups in total. The fourth-order valence-electron chi connectivity index (χ4n) is 2.68. The average Bonchev–Trinajstić information content (AvgIpc) is 2.45. The number of rotatable bonds is 4. The van der Waals surface area contributed by atoms with Crippen LogP contribution in [0.2, 0.25) is 5.02 Å². The van der Waals surface area contributed by atoms with Crippen molar-refractivity contribution in [1.29, 1.82) is 0 Å². The van der Waals surface area contributed by atoms with Crippen LogP contribution in [0.3, 0.4) is 0 Å². The number of piperidine rings is 1. The lowest BCUT2D eigenvalue weighted by Crippen LogP contribution is -2.35. The van der Waals surface area contributed by atoms with Crippen molar-refractivity contribution in [1.82, 2.24) is 5.32 Å². The Morgan fingerprint density at radius 3 is 2.84 bits per heavy atom. The number of hydrogen-bond acceptors (Lipinski definition) is 3. The Labute approximate surface area is 119 Å². The summed E-state index contributed by atoms with van der Waals surface area (Å²) < 4.78 is 5.24. The van der Waals surface area contributed by atoms with E-state index in [1.165, 1.54) is 12.8 Å². The molecular weight excluding hydrogens is 262 g/mol. The van der Waals surface area contributed by atoms with Gasteiger partial charge in [-0.3, -0.25) is 0 Å². The van der Waals surface area contributed by atoms with Crippen molar-refractivity contribution < 1.29 is 9.84 Å². The normalized spacial score (nSPS) is 19.4. The molecule has 0 aromatic heterocycles. The molecule has 1 aromatic rings. The van der Waals surface area contributed by atoms with E-state index in [-0.39, 0.29) is 5.75 Å². The number of aryl methyl sites for hydroxylation is 1. The van der Waals surface area contributed by atoms with E-state index in [1.54, 1.807) is 7.11 Å². The molecule has 1 aromatic carbocycles. The standard InChI is InChI=1S/C15H22ClNO2/c1-3-10-8-13(19-2)15(18)12(14(10)16)9-11-6-4-5-7-17-11/h8,11,17-18H,3-7,9H2,1-2H3. The Balaban J connectivity index is 2.31. The number of benzene rings is 1. The number of ether oxygens (including phenoxy) is 1. The van der Waals surface area contributed by atoms with E-state index in [1.807, 2.05) is 6.07 Å². The maximum atomic E-state index is 10.3. The van der Waals surface area contributed by atoms with E-state index in [4.69, 9.17) is 16.3 Å². The van der Waals surface area contributed by atoms with Crippen LogP contribution >= 0.6 is 11.6 Å². The third-order valence-corrected chi connectivity index (χ3v) is 4.31. The highest BCUT2D eigenvalue weighted by atomic mass is 35.5. The van der Waals surface area contributed by atoms with Crippen molar-refractivity contribution in [3.05, 3.63) is 22.2 Å². The topological polar surface area (TPSA) is 41.5 Å². The van der Waals surface area contributed by atoms with Gasteiger partial charge in [-0.1, -0.05) is 24.9 Å². The van der Waals surface area contributed by atoms with Crippen molar-refractivity contribution in [2.75, 3.05) is 13.7 Å². The Kier molecular flexibility index (Phi) is 4.94. The number of aromatic hydroxyl groups is 1. The lowest BCUT2D eigenvalue weighted by atomic mass is 9.95. The maximum Gasteiger partial charge on any atom is 0.162 e. The number of hydrogen-bond donors (Lipinski definition) is 2. The lowest BCUT2D eigenvalue weighted by molar-refractivity contribution is 0.362. The summed E-state index contributed by atoms with van der Waals surface area (Å²) in [7, 11) is 1.57. The Bertz CT molecular complexity index is 414. The molecule has 2 rings (SSSR count). The molecule has 0 saturated carbocycles. The van der Waals surface area contributed by atoms with Gasteiger partial charge in [-0.25, -0.2) is 0 Å². The third kappa shape index (κ3) is 3.15. The largest absolute Gasteiger partial charge is 0.504 e. The zero-order valence-electron chi connectivity index (χ0n) is 11.6. The van der Waals surface area contributed by atoms with Gasteiger partial charge in [-0.2, -0.15) is 0 Å². The lowest BCUT2D eigenvalue weighted by Gasteiger charge is -2.25. The number of halogens is 1. The minimum atomic E-state index is 0.192. The van der Waals surface area contributed by atoms with Gasteiger partial charge in [-0.05, 0) is 43.9 Å². The number of phenols is 1. The average molecular weight is 284 g/mol. The molecule has 0 aliphatic carbocycles. The first-order valence-electron chi connectivity index (χ1n) is 6.98. The van der Waals surface area contributed by atoms with Gasteiger partial charge in [0.05, 0.1) is 12.1 Å². The van der Waals surface area contributed by atoms with Crippen LogP contribution in [-0.4, -0.2) is 24.8 Å². The molecule has 1 aliphatic rings. The van der Waals surface area contributed by atoms with Gasteiger partial charge in [0.25, 0.3) is 0 Å². The van der Waals surface area contributed by atoms with Gasteiger partial charge in [0.15, 0.2) is 11.5 Å². The molecule has 0 amide bonds. The van der Waals surface area contributed by atoms with E-state index < -0.39 is 0 Å². The van der Waals surface area contributed by atoms with Crippen LogP contribution in [0.5, 0.6) is 11.5 Å². The molecular formula is C15H22ClNO2. The summed E-state index contributed by atoms with van der Waals surface area (Å²) in [4.78, 5) is 0. The Morgan fingerprint density at radius 1 is 1.47 bits per heavy atom. The Hall–Kier alpha value is -0.930. The molecule has 1 unspecified atom stereocenters. The molecule has 1 fully saturated rings. The second kappa shape index (κ2) is 6.49. The molecule has 1 aliphatic heterocycles. The second-order valence-corrected chi connectivity index (χ2v) is 5.46. The zero-order valence-corrected chi connectivity index (χ0v) is 12.4. The van der Waals surface area contributed by atoms with Gasteiger partial charge in [0.1, 0.15) is 0 Å². The maximum absolute atomic E-state index is 10.3. The highest BCUT2D eigenvalue weighted by molar-refractivity contribution is 6.32. The summed E-state index contributed by atoms with van der Waals surface area (Å²) in [6, 6.07) is 2.23. The molecule has 1 atom stereocenters. The van der Waals surface area contributed by atoms with E-state index in [2.05, 4.69) is 12.2 Å². The van der Waals surface area contributed by atoms with E-state index in [9.17, 15) is 5.11 Å². The number of phenolic OH excluding ortho intramolecular Hbond substituents is 1. The van der Waals surface area contributed by atoms with Crippen molar-refractivity contribution in [2.24, 2.45) is 0 Å². The van der Waals surface area contributed by atoms with Gasteiger partial charge < -0.3 is 15.2 Å². The smallest absolute Gasteiger partial charge is 0.162 e.